The Morgan fingerprint density at radius 2 is 2.00 bits per heavy atom. The highest BCUT2D eigenvalue weighted by atomic mass is 19.1. The number of amides is 1. The zero-order valence-electron chi connectivity index (χ0n) is 11.9. The number of rotatable bonds is 4. The molecule has 1 heterocycles. The van der Waals surface area contributed by atoms with Crippen molar-refractivity contribution in [1.82, 2.24) is 5.32 Å². The monoisotopic (exact) mass is 293 g/mol. The van der Waals surface area contributed by atoms with Gasteiger partial charge in [0.25, 0.3) is 5.91 Å². The number of aliphatic carboxylic acids is 1. The molecule has 2 aromatic rings. The summed E-state index contributed by atoms with van der Waals surface area (Å²) < 4.78 is 18.6. The Morgan fingerprint density at radius 3 is 2.57 bits per heavy atom. The number of carbonyl (C=O) groups excluding carboxylic acids is 1. The highest BCUT2D eigenvalue weighted by molar-refractivity contribution is 6.00. The first kappa shape index (κ1) is 15.0. The van der Waals surface area contributed by atoms with Crippen molar-refractivity contribution >= 4 is 22.8 Å². The van der Waals surface area contributed by atoms with Gasteiger partial charge in [-0.25, -0.2) is 9.18 Å². The van der Waals surface area contributed by atoms with E-state index in [-0.39, 0.29) is 11.7 Å². The summed E-state index contributed by atoms with van der Waals surface area (Å²) in [5, 5.41) is 12.0. The number of carboxylic acids is 1. The van der Waals surface area contributed by atoms with Gasteiger partial charge in [-0.2, -0.15) is 0 Å². The Balaban J connectivity index is 2.35. The number of carbonyl (C=O) groups is 2. The first-order valence-corrected chi connectivity index (χ1v) is 6.53. The molecule has 1 unspecified atom stereocenters. The highest BCUT2D eigenvalue weighted by Gasteiger charge is 2.26. The van der Waals surface area contributed by atoms with E-state index in [4.69, 9.17) is 9.52 Å². The van der Waals surface area contributed by atoms with Gasteiger partial charge < -0.3 is 14.8 Å². The van der Waals surface area contributed by atoms with Crippen LogP contribution < -0.4 is 5.32 Å². The van der Waals surface area contributed by atoms with E-state index in [9.17, 15) is 14.0 Å². The first-order chi connectivity index (χ1) is 9.81. The third kappa shape index (κ3) is 2.89. The van der Waals surface area contributed by atoms with Crippen molar-refractivity contribution in [3.05, 3.63) is 35.3 Å². The van der Waals surface area contributed by atoms with E-state index in [0.29, 0.717) is 16.5 Å². The van der Waals surface area contributed by atoms with E-state index in [1.54, 1.807) is 20.8 Å². The molecule has 1 aromatic heterocycles. The van der Waals surface area contributed by atoms with Gasteiger partial charge in [-0.15, -0.1) is 0 Å². The minimum absolute atomic E-state index is 0.00231. The zero-order valence-corrected chi connectivity index (χ0v) is 11.9. The van der Waals surface area contributed by atoms with Crippen LogP contribution in [0.25, 0.3) is 11.0 Å². The molecule has 6 heteroatoms. The Hall–Kier alpha value is -2.37. The standard InChI is InChI=1S/C15H16FNO4/c1-7(2)12(15(19)20)17-14(18)13-8(3)10-6-9(16)4-5-11(10)21-13/h4-7,12H,1-3H3,(H,17,18)(H,19,20). The molecule has 0 aliphatic rings. The summed E-state index contributed by atoms with van der Waals surface area (Å²) in [6.45, 7) is 5.02. The molecule has 1 aromatic carbocycles. The Morgan fingerprint density at radius 1 is 1.33 bits per heavy atom. The van der Waals surface area contributed by atoms with Crippen LogP contribution in [-0.2, 0) is 4.79 Å². The SMILES string of the molecule is Cc1c(C(=O)NC(C(=O)O)C(C)C)oc2ccc(F)cc12. The lowest BCUT2D eigenvalue weighted by atomic mass is 10.0. The van der Waals surface area contributed by atoms with Crippen LogP contribution in [0.4, 0.5) is 4.39 Å². The maximum atomic E-state index is 13.2. The van der Waals surface area contributed by atoms with E-state index in [0.717, 1.165) is 0 Å². The normalized spacial score (nSPS) is 12.6. The minimum atomic E-state index is -1.11. The molecule has 0 saturated carbocycles. The summed E-state index contributed by atoms with van der Waals surface area (Å²) in [6.07, 6.45) is 0. The van der Waals surface area contributed by atoms with Crippen LogP contribution in [0.15, 0.2) is 22.6 Å². The lowest BCUT2D eigenvalue weighted by Crippen LogP contribution is -2.44. The van der Waals surface area contributed by atoms with Crippen LogP contribution in [0.2, 0.25) is 0 Å². The van der Waals surface area contributed by atoms with E-state index in [2.05, 4.69) is 5.32 Å². The maximum Gasteiger partial charge on any atom is 0.326 e. The van der Waals surface area contributed by atoms with Crippen molar-refractivity contribution in [1.29, 1.82) is 0 Å². The molecule has 0 fully saturated rings. The fraction of sp³-hybridized carbons (Fsp3) is 0.333. The molecule has 5 nitrogen and oxygen atoms in total. The van der Waals surface area contributed by atoms with E-state index < -0.39 is 23.7 Å². The molecular formula is C15H16FNO4. The quantitative estimate of drug-likeness (QED) is 0.908. The number of fused-ring (bicyclic) bond motifs is 1. The Bertz CT molecular complexity index is 705. The van der Waals surface area contributed by atoms with Crippen LogP contribution in [-0.4, -0.2) is 23.0 Å². The minimum Gasteiger partial charge on any atom is -0.480 e. The second kappa shape index (κ2) is 5.55. The Kier molecular flexibility index (Phi) is 3.97. The third-order valence-corrected chi connectivity index (χ3v) is 3.32. The molecule has 0 aliphatic heterocycles. The topological polar surface area (TPSA) is 79.5 Å². The largest absolute Gasteiger partial charge is 0.480 e. The van der Waals surface area contributed by atoms with Gasteiger partial charge in [0.2, 0.25) is 0 Å². The number of carboxylic acid groups (broad SMARTS) is 1. The summed E-state index contributed by atoms with van der Waals surface area (Å²) >= 11 is 0. The molecule has 0 saturated heterocycles. The van der Waals surface area contributed by atoms with Crippen molar-refractivity contribution in [3.63, 3.8) is 0 Å². The van der Waals surface area contributed by atoms with E-state index in [1.165, 1.54) is 18.2 Å². The molecule has 0 aliphatic carbocycles. The van der Waals surface area contributed by atoms with Gasteiger partial charge in [-0.3, -0.25) is 4.79 Å². The molecule has 0 bridgehead atoms. The van der Waals surface area contributed by atoms with Gasteiger partial charge in [-0.05, 0) is 31.0 Å². The number of hydrogen-bond acceptors (Lipinski definition) is 3. The molecular weight excluding hydrogens is 277 g/mol. The van der Waals surface area contributed by atoms with Gasteiger partial charge in [-0.1, -0.05) is 13.8 Å². The number of nitrogens with one attached hydrogen (secondary N) is 1. The number of furan rings is 1. The van der Waals surface area contributed by atoms with Crippen molar-refractivity contribution in [2.45, 2.75) is 26.8 Å². The van der Waals surface area contributed by atoms with Crippen molar-refractivity contribution in [2.75, 3.05) is 0 Å². The van der Waals surface area contributed by atoms with E-state index in [1.807, 2.05) is 0 Å². The van der Waals surface area contributed by atoms with E-state index >= 15 is 0 Å². The summed E-state index contributed by atoms with van der Waals surface area (Å²) in [4.78, 5) is 23.3. The van der Waals surface area contributed by atoms with Crippen LogP contribution in [0.3, 0.4) is 0 Å². The first-order valence-electron chi connectivity index (χ1n) is 6.53. The molecule has 0 spiro atoms. The fourth-order valence-electron chi connectivity index (χ4n) is 2.13. The van der Waals surface area contributed by atoms with Crippen molar-refractivity contribution in [2.24, 2.45) is 5.92 Å². The molecule has 1 atom stereocenters. The van der Waals surface area contributed by atoms with Gasteiger partial charge in [0.15, 0.2) is 5.76 Å². The smallest absolute Gasteiger partial charge is 0.326 e. The second-order valence-electron chi connectivity index (χ2n) is 5.23. The van der Waals surface area contributed by atoms with Gasteiger partial charge >= 0.3 is 5.97 Å². The molecule has 2 N–H and O–H groups in total. The Labute approximate surface area is 120 Å². The van der Waals surface area contributed by atoms with Gasteiger partial charge in [0.05, 0.1) is 0 Å². The maximum absolute atomic E-state index is 13.2. The fourth-order valence-corrected chi connectivity index (χ4v) is 2.13. The average Bonchev–Trinajstić information content (AvgIpc) is 2.72. The van der Waals surface area contributed by atoms with Crippen molar-refractivity contribution in [3.8, 4) is 0 Å². The molecule has 0 radical (unpaired) electrons. The summed E-state index contributed by atoms with van der Waals surface area (Å²) in [5.74, 6) is -2.43. The predicted octanol–water partition coefficient (Wildman–Crippen LogP) is 2.72. The summed E-state index contributed by atoms with van der Waals surface area (Å²) in [7, 11) is 0. The van der Waals surface area contributed by atoms with Gasteiger partial charge in [0, 0.05) is 10.9 Å². The lowest BCUT2D eigenvalue weighted by Gasteiger charge is -2.17. The summed E-state index contributed by atoms with van der Waals surface area (Å²) in [5.41, 5.74) is 0.866. The van der Waals surface area contributed by atoms with Crippen LogP contribution in [0, 0.1) is 18.7 Å². The van der Waals surface area contributed by atoms with Crippen LogP contribution >= 0.6 is 0 Å². The predicted molar refractivity (Wildman–Crippen MR) is 74.6 cm³/mol. The van der Waals surface area contributed by atoms with Gasteiger partial charge in [0.1, 0.15) is 17.4 Å². The lowest BCUT2D eigenvalue weighted by molar-refractivity contribution is -0.140. The number of hydrogen-bond donors (Lipinski definition) is 2. The third-order valence-electron chi connectivity index (χ3n) is 3.32. The molecule has 2 rings (SSSR count). The van der Waals surface area contributed by atoms with Crippen LogP contribution in [0.5, 0.6) is 0 Å². The second-order valence-corrected chi connectivity index (χ2v) is 5.23. The number of aryl methyl sites for hydroxylation is 1. The molecule has 21 heavy (non-hydrogen) atoms. The number of halogens is 1. The molecule has 1 amide bonds. The average molecular weight is 293 g/mol. The summed E-state index contributed by atoms with van der Waals surface area (Å²) in [6, 6.07) is 2.94. The highest BCUT2D eigenvalue weighted by Crippen LogP contribution is 2.26. The zero-order chi connectivity index (χ0) is 15.7. The molecule has 112 valence electrons. The van der Waals surface area contributed by atoms with Crippen molar-refractivity contribution < 1.29 is 23.5 Å². The van der Waals surface area contributed by atoms with Crippen LogP contribution in [0.1, 0.15) is 30.0 Å². The number of benzene rings is 1.